The van der Waals surface area contributed by atoms with E-state index in [1.54, 1.807) is 0 Å². The van der Waals surface area contributed by atoms with E-state index in [0.717, 1.165) is 18.5 Å². The van der Waals surface area contributed by atoms with Gasteiger partial charge < -0.3 is 4.90 Å². The van der Waals surface area contributed by atoms with E-state index in [9.17, 15) is 0 Å². The summed E-state index contributed by atoms with van der Waals surface area (Å²) >= 11 is 0. The van der Waals surface area contributed by atoms with Crippen molar-refractivity contribution >= 4 is 0 Å². The lowest BCUT2D eigenvalue weighted by Crippen LogP contribution is -2.25. The number of allylic oxidation sites excluding steroid dienone is 1. The molecule has 1 atom stereocenters. The Morgan fingerprint density at radius 1 is 0.952 bits per heavy atom. The van der Waals surface area contributed by atoms with Crippen LogP contribution in [0.3, 0.4) is 0 Å². The van der Waals surface area contributed by atoms with Gasteiger partial charge in [0.1, 0.15) is 0 Å². The molecule has 0 aromatic heterocycles. The lowest BCUT2D eigenvalue weighted by Gasteiger charge is -2.22. The molecular weight excluding hydrogens is 254 g/mol. The summed E-state index contributed by atoms with van der Waals surface area (Å²) in [4.78, 5) is 2.26. The van der Waals surface area contributed by atoms with Gasteiger partial charge >= 0.3 is 0 Å². The quantitative estimate of drug-likeness (QED) is 0.786. The van der Waals surface area contributed by atoms with E-state index < -0.39 is 0 Å². The summed E-state index contributed by atoms with van der Waals surface area (Å²) in [6.45, 7) is 8.18. The minimum absolute atomic E-state index is 0.493. The van der Waals surface area contributed by atoms with E-state index in [1.807, 2.05) is 6.07 Å². The zero-order valence-electron chi connectivity index (χ0n) is 12.5. The summed E-state index contributed by atoms with van der Waals surface area (Å²) < 4.78 is 0. The maximum Gasteiger partial charge on any atom is 0.0367 e. The van der Waals surface area contributed by atoms with Crippen LogP contribution in [-0.4, -0.2) is 18.0 Å². The molecule has 1 heteroatoms. The summed E-state index contributed by atoms with van der Waals surface area (Å²) in [5, 5.41) is 0. The SMILES string of the molecule is C=C1CC(Cc2ccc(-c3ccccc3)cc2)N(C)C1=C. The Balaban J connectivity index is 1.74. The molecule has 0 amide bonds. The van der Waals surface area contributed by atoms with Gasteiger partial charge in [0.2, 0.25) is 0 Å². The predicted octanol–water partition coefficient (Wildman–Crippen LogP) is 4.67. The first-order valence-electron chi connectivity index (χ1n) is 7.39. The third-order valence-corrected chi connectivity index (χ3v) is 4.40. The summed E-state index contributed by atoms with van der Waals surface area (Å²) in [5.41, 5.74) is 6.16. The van der Waals surface area contributed by atoms with Gasteiger partial charge in [-0.05, 0) is 35.1 Å². The van der Waals surface area contributed by atoms with Crippen LogP contribution in [0.1, 0.15) is 12.0 Å². The molecular formula is C20H21N. The van der Waals surface area contributed by atoms with Gasteiger partial charge in [-0.2, -0.15) is 0 Å². The summed E-state index contributed by atoms with van der Waals surface area (Å²) in [7, 11) is 2.11. The third-order valence-electron chi connectivity index (χ3n) is 4.40. The van der Waals surface area contributed by atoms with Crippen molar-refractivity contribution in [2.75, 3.05) is 7.05 Å². The summed E-state index contributed by atoms with van der Waals surface area (Å²) in [6, 6.07) is 19.9. The Bertz CT molecular complexity index is 652. The molecule has 2 aromatic carbocycles. The Hall–Kier alpha value is -2.28. The van der Waals surface area contributed by atoms with E-state index in [1.165, 1.54) is 22.3 Å². The molecule has 1 fully saturated rings. The van der Waals surface area contributed by atoms with Crippen LogP contribution < -0.4 is 0 Å². The number of nitrogens with zero attached hydrogens (tertiary/aromatic N) is 1. The minimum Gasteiger partial charge on any atom is -0.371 e. The fraction of sp³-hybridized carbons (Fsp3) is 0.200. The van der Waals surface area contributed by atoms with Crippen molar-refractivity contribution in [2.45, 2.75) is 18.9 Å². The van der Waals surface area contributed by atoms with E-state index in [0.29, 0.717) is 6.04 Å². The van der Waals surface area contributed by atoms with Gasteiger partial charge in [-0.3, -0.25) is 0 Å². The number of hydrogen-bond donors (Lipinski definition) is 0. The highest BCUT2D eigenvalue weighted by Crippen LogP contribution is 2.30. The van der Waals surface area contributed by atoms with Crippen molar-refractivity contribution < 1.29 is 0 Å². The van der Waals surface area contributed by atoms with Gasteiger partial charge in [-0.1, -0.05) is 67.8 Å². The molecule has 2 aromatic rings. The van der Waals surface area contributed by atoms with E-state index in [4.69, 9.17) is 0 Å². The molecule has 1 aliphatic rings. The zero-order valence-corrected chi connectivity index (χ0v) is 12.5. The molecule has 106 valence electrons. The van der Waals surface area contributed by atoms with Gasteiger partial charge in [0, 0.05) is 18.8 Å². The number of benzene rings is 2. The van der Waals surface area contributed by atoms with Crippen molar-refractivity contribution in [3.63, 3.8) is 0 Å². The molecule has 0 radical (unpaired) electrons. The van der Waals surface area contributed by atoms with Crippen molar-refractivity contribution in [2.24, 2.45) is 0 Å². The van der Waals surface area contributed by atoms with Crippen molar-refractivity contribution in [3.8, 4) is 11.1 Å². The predicted molar refractivity (Wildman–Crippen MR) is 90.0 cm³/mol. The Morgan fingerprint density at radius 2 is 1.57 bits per heavy atom. The van der Waals surface area contributed by atoms with Gasteiger partial charge in [-0.15, -0.1) is 0 Å². The monoisotopic (exact) mass is 275 g/mol. The van der Waals surface area contributed by atoms with Crippen molar-refractivity contribution in [1.82, 2.24) is 4.90 Å². The third kappa shape index (κ3) is 2.78. The Labute approximate surface area is 127 Å². The Morgan fingerprint density at radius 3 is 2.14 bits per heavy atom. The van der Waals surface area contributed by atoms with Gasteiger partial charge in [-0.25, -0.2) is 0 Å². The standard InChI is InChI=1S/C20H21N/c1-15-13-20(21(3)16(15)2)14-17-9-11-19(12-10-17)18-7-5-4-6-8-18/h4-12,20H,1-2,13-14H2,3H3. The second-order valence-corrected chi connectivity index (χ2v) is 5.79. The molecule has 0 bridgehead atoms. The first kappa shape index (κ1) is 13.7. The summed E-state index contributed by atoms with van der Waals surface area (Å²) in [5.74, 6) is 0. The average molecular weight is 275 g/mol. The maximum absolute atomic E-state index is 4.09. The van der Waals surface area contributed by atoms with Gasteiger partial charge in [0.05, 0.1) is 0 Å². The van der Waals surface area contributed by atoms with Crippen LogP contribution in [0.5, 0.6) is 0 Å². The van der Waals surface area contributed by atoms with E-state index in [-0.39, 0.29) is 0 Å². The molecule has 21 heavy (non-hydrogen) atoms. The smallest absolute Gasteiger partial charge is 0.0367 e. The first-order valence-corrected chi connectivity index (χ1v) is 7.39. The van der Waals surface area contributed by atoms with Crippen LogP contribution >= 0.6 is 0 Å². The molecule has 3 rings (SSSR count). The highest BCUT2D eigenvalue weighted by molar-refractivity contribution is 5.63. The van der Waals surface area contributed by atoms with Crippen LogP contribution in [0.15, 0.2) is 79.0 Å². The van der Waals surface area contributed by atoms with Crippen molar-refractivity contribution in [1.29, 1.82) is 0 Å². The van der Waals surface area contributed by atoms with E-state index in [2.05, 4.69) is 73.6 Å². The molecule has 1 nitrogen and oxygen atoms in total. The molecule has 1 saturated heterocycles. The van der Waals surface area contributed by atoms with Gasteiger partial charge in [0.25, 0.3) is 0 Å². The second-order valence-electron chi connectivity index (χ2n) is 5.79. The lowest BCUT2D eigenvalue weighted by molar-refractivity contribution is 0.351. The van der Waals surface area contributed by atoms with Crippen molar-refractivity contribution in [3.05, 3.63) is 84.6 Å². The van der Waals surface area contributed by atoms with Crippen LogP contribution in [-0.2, 0) is 6.42 Å². The molecule has 1 aliphatic heterocycles. The minimum atomic E-state index is 0.493. The summed E-state index contributed by atoms with van der Waals surface area (Å²) in [6.07, 6.45) is 2.07. The molecule has 0 saturated carbocycles. The highest BCUT2D eigenvalue weighted by Gasteiger charge is 2.26. The molecule has 1 unspecified atom stereocenters. The van der Waals surface area contributed by atoms with Crippen LogP contribution in [0.2, 0.25) is 0 Å². The maximum atomic E-state index is 4.09. The first-order chi connectivity index (χ1) is 10.1. The fourth-order valence-electron chi connectivity index (χ4n) is 2.95. The van der Waals surface area contributed by atoms with E-state index >= 15 is 0 Å². The molecule has 0 N–H and O–H groups in total. The topological polar surface area (TPSA) is 3.24 Å². The zero-order chi connectivity index (χ0) is 14.8. The molecule has 0 spiro atoms. The second kappa shape index (κ2) is 5.61. The largest absolute Gasteiger partial charge is 0.371 e. The van der Waals surface area contributed by atoms with Crippen LogP contribution in [0.4, 0.5) is 0 Å². The average Bonchev–Trinajstić information content (AvgIpc) is 2.76. The normalized spacial score (nSPS) is 18.3. The molecule has 1 heterocycles. The number of likely N-dealkylation sites (N-methyl/N-ethyl adjacent to an activating group) is 1. The highest BCUT2D eigenvalue weighted by atomic mass is 15.2. The van der Waals surface area contributed by atoms with Gasteiger partial charge in [0.15, 0.2) is 0 Å². The fourth-order valence-corrected chi connectivity index (χ4v) is 2.95. The lowest BCUT2D eigenvalue weighted by atomic mass is 9.99. The van der Waals surface area contributed by atoms with Crippen LogP contribution in [0, 0.1) is 0 Å². The number of hydrogen-bond acceptors (Lipinski definition) is 1. The number of likely N-dealkylation sites (tertiary alicyclic amines) is 1. The Kier molecular flexibility index (Phi) is 3.66. The molecule has 0 aliphatic carbocycles. The number of rotatable bonds is 3. The van der Waals surface area contributed by atoms with Crippen LogP contribution in [0.25, 0.3) is 11.1 Å².